The summed E-state index contributed by atoms with van der Waals surface area (Å²) in [5, 5.41) is 45.6. The largest absolute Gasteiger partial charge is 0.390 e. The van der Waals surface area contributed by atoms with Gasteiger partial charge >= 0.3 is 0 Å². The van der Waals surface area contributed by atoms with Crippen LogP contribution in [0.5, 0.6) is 0 Å². The lowest BCUT2D eigenvalue weighted by molar-refractivity contribution is -0.374. The molecule has 1 heterocycles. The van der Waals surface area contributed by atoms with Gasteiger partial charge in [0, 0.05) is 21.1 Å². The molecule has 9 nitrogen and oxygen atoms in total. The van der Waals surface area contributed by atoms with Gasteiger partial charge in [-0.3, -0.25) is 14.4 Å². The third kappa shape index (κ3) is 4.81. The van der Waals surface area contributed by atoms with Gasteiger partial charge in [-0.1, -0.05) is 50.0 Å². The molecule has 0 bridgehead atoms. The number of benzene rings is 1. The number of aliphatic hydroxyl groups is 4. The number of carbonyl (C=O) groups excluding carboxylic acids is 3. The van der Waals surface area contributed by atoms with E-state index in [1.165, 1.54) is 0 Å². The third-order valence-electron chi connectivity index (χ3n) is 6.47. The smallest absolute Gasteiger partial charge is 0.213 e. The Morgan fingerprint density at radius 1 is 0.971 bits per heavy atom. The monoisotopic (exact) mass is 496 g/mol. The van der Waals surface area contributed by atoms with Crippen LogP contribution in [0.4, 0.5) is 0 Å². The van der Waals surface area contributed by atoms with E-state index in [-0.39, 0.29) is 13.0 Å². The second kappa shape index (κ2) is 10.1. The molecule has 34 heavy (non-hydrogen) atoms. The molecule has 0 spiro atoms. The van der Waals surface area contributed by atoms with Crippen molar-refractivity contribution >= 4 is 25.4 Å². The Labute approximate surface area is 200 Å². The summed E-state index contributed by atoms with van der Waals surface area (Å²) in [6, 6.07) is 9.21. The summed E-state index contributed by atoms with van der Waals surface area (Å²) in [4.78, 5) is 38.3. The lowest BCUT2D eigenvalue weighted by atomic mass is 9.60. The highest BCUT2D eigenvalue weighted by Crippen LogP contribution is 2.48. The summed E-state index contributed by atoms with van der Waals surface area (Å²) in [5.41, 5.74) is -8.98. The molecule has 1 aromatic carbocycles. The fourth-order valence-electron chi connectivity index (χ4n) is 4.37. The number of hydrogen-bond acceptors (Lipinski definition) is 9. The van der Waals surface area contributed by atoms with E-state index >= 15 is 0 Å². The molecular weight excluding hydrogens is 460 g/mol. The Balaban J connectivity index is 2.64. The van der Waals surface area contributed by atoms with Gasteiger partial charge in [0.25, 0.3) is 0 Å². The maximum Gasteiger partial charge on any atom is 0.213 e. The van der Waals surface area contributed by atoms with Crippen LogP contribution in [0, 0.1) is 0 Å². The first-order valence-electron chi connectivity index (χ1n) is 11.2. The molecule has 0 amide bonds. The van der Waals surface area contributed by atoms with Crippen LogP contribution in [0.25, 0.3) is 0 Å². The highest BCUT2D eigenvalue weighted by atomic mass is 28.3. The normalized spacial score (nSPS) is 32.8. The summed E-state index contributed by atoms with van der Waals surface area (Å²) in [5.74, 6) is -3.55. The lowest BCUT2D eigenvalue weighted by Crippen LogP contribution is -2.87. The number of aliphatic hydroxyl groups excluding tert-OH is 1. The molecule has 0 radical (unpaired) electrons. The van der Waals surface area contributed by atoms with Crippen molar-refractivity contribution < 1.29 is 44.3 Å². The van der Waals surface area contributed by atoms with Crippen LogP contribution in [-0.4, -0.2) is 87.8 Å². The first-order chi connectivity index (χ1) is 15.5. The molecule has 2 rings (SSSR count). The Hall–Kier alpha value is -1.79. The van der Waals surface area contributed by atoms with Gasteiger partial charge in [-0.05, 0) is 32.4 Å². The second-order valence-electron chi connectivity index (χ2n) is 10.2. The zero-order valence-electron chi connectivity index (χ0n) is 20.6. The summed E-state index contributed by atoms with van der Waals surface area (Å²) in [7, 11) is -1.64. The minimum Gasteiger partial charge on any atom is -0.390 e. The first-order valence-corrected chi connectivity index (χ1v) is 14.9. The molecule has 10 heteroatoms. The molecule has 1 aromatic rings. The van der Waals surface area contributed by atoms with Crippen molar-refractivity contribution in [1.82, 2.24) is 0 Å². The summed E-state index contributed by atoms with van der Waals surface area (Å²) in [6.45, 7) is 8.85. The summed E-state index contributed by atoms with van der Waals surface area (Å²) in [6.07, 6.45) is -5.54. The molecule has 1 saturated heterocycles. The average molecular weight is 497 g/mol. The Morgan fingerprint density at radius 2 is 1.50 bits per heavy atom. The van der Waals surface area contributed by atoms with E-state index < -0.39 is 60.7 Å². The summed E-state index contributed by atoms with van der Waals surface area (Å²) >= 11 is 0. The van der Waals surface area contributed by atoms with Crippen LogP contribution >= 0.6 is 0 Å². The van der Waals surface area contributed by atoms with Crippen LogP contribution in [-0.2, 0) is 30.3 Å². The molecule has 1 aliphatic rings. The maximum absolute atomic E-state index is 12.8. The standard InChI is InChI=1S/C24H36O9Si/c1-15(25)22(29)20(19(28)14-18-10-8-7-9-11-18)33-21(32-12-13-34(4,5)6)23(30,16(2)26)24(22,31)17(3)27/h7-11,19-21,28-31H,12-14H2,1-6H3/t19?,20-,21+,22+,23+,24+/m1/s1. The van der Waals surface area contributed by atoms with E-state index in [1.54, 1.807) is 30.3 Å². The van der Waals surface area contributed by atoms with Crippen LogP contribution in [0.3, 0.4) is 0 Å². The van der Waals surface area contributed by atoms with E-state index in [2.05, 4.69) is 19.6 Å². The number of hydrogen-bond donors (Lipinski definition) is 4. The van der Waals surface area contributed by atoms with Gasteiger partial charge in [0.1, 0.15) is 6.10 Å². The van der Waals surface area contributed by atoms with Gasteiger partial charge in [-0.2, -0.15) is 0 Å². The van der Waals surface area contributed by atoms with Crippen molar-refractivity contribution in [3.8, 4) is 0 Å². The minimum atomic E-state index is -3.35. The molecule has 1 fully saturated rings. The predicted molar refractivity (Wildman–Crippen MR) is 126 cm³/mol. The van der Waals surface area contributed by atoms with E-state index in [1.807, 2.05) is 0 Å². The maximum atomic E-state index is 12.8. The van der Waals surface area contributed by atoms with Crippen molar-refractivity contribution in [3.63, 3.8) is 0 Å². The van der Waals surface area contributed by atoms with Crippen LogP contribution in [0.15, 0.2) is 30.3 Å². The van der Waals surface area contributed by atoms with Gasteiger partial charge in [0.05, 0.1) is 6.10 Å². The Kier molecular flexibility index (Phi) is 8.41. The van der Waals surface area contributed by atoms with Crippen molar-refractivity contribution in [2.45, 2.75) is 88.2 Å². The van der Waals surface area contributed by atoms with Crippen LogP contribution in [0.1, 0.15) is 26.3 Å². The Bertz CT molecular complexity index is 915. The fraction of sp³-hybridized carbons (Fsp3) is 0.625. The molecule has 0 saturated carbocycles. The van der Waals surface area contributed by atoms with Crippen molar-refractivity contribution in [3.05, 3.63) is 35.9 Å². The Morgan fingerprint density at radius 3 is 1.94 bits per heavy atom. The molecule has 0 aromatic heterocycles. The van der Waals surface area contributed by atoms with E-state index in [0.29, 0.717) is 11.6 Å². The summed E-state index contributed by atoms with van der Waals surface area (Å²) < 4.78 is 11.4. The number of Topliss-reactive ketones (excluding diaryl/α,β-unsaturated/α-hetero) is 3. The van der Waals surface area contributed by atoms with Gasteiger partial charge < -0.3 is 29.9 Å². The van der Waals surface area contributed by atoms with Crippen LogP contribution in [0.2, 0.25) is 25.7 Å². The molecule has 4 N–H and O–H groups in total. The molecule has 1 aliphatic heterocycles. The molecule has 1 unspecified atom stereocenters. The highest BCUT2D eigenvalue weighted by molar-refractivity contribution is 6.76. The van der Waals surface area contributed by atoms with Gasteiger partial charge in [0.2, 0.25) is 11.2 Å². The SMILES string of the molecule is CC(=O)[C@@]1(O)[C@](O)(C(C)=O)[C@@H](OCC[Si](C)(C)C)O[C@H](C(O)Cc2ccccc2)[C@@]1(O)C(C)=O. The van der Waals surface area contributed by atoms with E-state index in [0.717, 1.165) is 20.8 Å². The van der Waals surface area contributed by atoms with Gasteiger partial charge in [-0.15, -0.1) is 0 Å². The molecule has 190 valence electrons. The number of carbonyl (C=O) groups is 3. The third-order valence-corrected chi connectivity index (χ3v) is 8.17. The molecule has 0 aliphatic carbocycles. The highest BCUT2D eigenvalue weighted by Gasteiger charge is 2.79. The second-order valence-corrected chi connectivity index (χ2v) is 15.9. The number of ether oxygens (including phenoxy) is 2. The lowest BCUT2D eigenvalue weighted by Gasteiger charge is -2.58. The van der Waals surface area contributed by atoms with Gasteiger partial charge in [-0.25, -0.2) is 0 Å². The molecular formula is C24H36O9Si. The fourth-order valence-corrected chi connectivity index (χ4v) is 5.10. The topological polar surface area (TPSA) is 151 Å². The zero-order valence-corrected chi connectivity index (χ0v) is 21.6. The van der Waals surface area contributed by atoms with E-state index in [9.17, 15) is 34.8 Å². The van der Waals surface area contributed by atoms with E-state index in [4.69, 9.17) is 9.47 Å². The minimum absolute atomic E-state index is 0.0178. The number of ketones is 3. The number of rotatable bonds is 10. The van der Waals surface area contributed by atoms with Crippen molar-refractivity contribution in [2.24, 2.45) is 0 Å². The predicted octanol–water partition coefficient (Wildman–Crippen LogP) is 0.630. The molecule has 6 atom stereocenters. The van der Waals surface area contributed by atoms with Crippen LogP contribution < -0.4 is 0 Å². The van der Waals surface area contributed by atoms with Crippen molar-refractivity contribution in [2.75, 3.05) is 6.61 Å². The average Bonchev–Trinajstić information content (AvgIpc) is 2.72. The quantitative estimate of drug-likeness (QED) is 0.342. The van der Waals surface area contributed by atoms with Gasteiger partial charge in [0.15, 0.2) is 29.2 Å². The first kappa shape index (κ1) is 28.4. The van der Waals surface area contributed by atoms with Crippen molar-refractivity contribution in [1.29, 1.82) is 0 Å². The zero-order chi connectivity index (χ0) is 26.1.